The fraction of sp³-hybridized carbons (Fsp3) is 0.389. The summed E-state index contributed by atoms with van der Waals surface area (Å²) in [6.45, 7) is 0.144. The van der Waals surface area contributed by atoms with Crippen LogP contribution in [-0.4, -0.2) is 61.3 Å². The van der Waals surface area contributed by atoms with Crippen LogP contribution < -0.4 is 5.73 Å². The molecule has 29 heavy (non-hydrogen) atoms. The molecule has 154 valence electrons. The van der Waals surface area contributed by atoms with E-state index in [0.29, 0.717) is 17.6 Å². The highest BCUT2D eigenvalue weighted by atomic mass is 19.1. The lowest BCUT2D eigenvalue weighted by atomic mass is 10.1. The number of nitrogens with zero attached hydrogens (tertiary/aromatic N) is 4. The Kier molecular flexibility index (Phi) is 5.65. The van der Waals surface area contributed by atoms with Gasteiger partial charge in [0, 0.05) is 0 Å². The van der Waals surface area contributed by atoms with Crippen molar-refractivity contribution in [2.24, 2.45) is 0 Å². The number of hydrogen-bond donors (Lipinski definition) is 3. The van der Waals surface area contributed by atoms with Crippen LogP contribution in [0, 0.1) is 5.82 Å². The highest BCUT2D eigenvalue weighted by Gasteiger charge is 2.44. The van der Waals surface area contributed by atoms with Crippen molar-refractivity contribution < 1.29 is 29.1 Å². The number of nitrogens with two attached hydrogens (primary N) is 1. The molecule has 0 saturated carbocycles. The summed E-state index contributed by atoms with van der Waals surface area (Å²) in [6.07, 6.45) is -0.938. The van der Waals surface area contributed by atoms with E-state index < -0.39 is 24.5 Å². The van der Waals surface area contributed by atoms with E-state index in [1.165, 1.54) is 29.4 Å². The zero-order chi connectivity index (χ0) is 20.4. The first-order valence-corrected chi connectivity index (χ1v) is 8.98. The number of ether oxygens (including phenoxy) is 1. The fourth-order valence-electron chi connectivity index (χ4n) is 3.14. The van der Waals surface area contributed by atoms with Crippen LogP contribution in [0.4, 0.5) is 10.2 Å². The highest BCUT2D eigenvalue weighted by Crippen LogP contribution is 2.32. The van der Waals surface area contributed by atoms with E-state index in [9.17, 15) is 14.6 Å². The zero-order valence-electron chi connectivity index (χ0n) is 15.3. The minimum atomic E-state index is -1.23. The molecule has 10 nitrogen and oxygen atoms in total. The number of benzene rings is 1. The van der Waals surface area contributed by atoms with Gasteiger partial charge in [-0.3, -0.25) is 4.57 Å². The molecule has 1 saturated heterocycles. The first kappa shape index (κ1) is 19.6. The number of hydrogen-bond acceptors (Lipinski definition) is 9. The number of anilines is 1. The molecule has 3 heterocycles. The minimum Gasteiger partial charge on any atom is -0.387 e. The maximum Gasteiger partial charge on any atom is 0.167 e. The van der Waals surface area contributed by atoms with Gasteiger partial charge in [-0.15, -0.1) is 0 Å². The Morgan fingerprint density at radius 3 is 2.69 bits per heavy atom. The van der Waals surface area contributed by atoms with Crippen LogP contribution in [0.15, 0.2) is 36.9 Å². The number of aliphatic hydroxyl groups excluding tert-OH is 2. The predicted molar refractivity (Wildman–Crippen MR) is 97.7 cm³/mol. The number of aliphatic hydroxyl groups is 2. The molecule has 0 aliphatic carbocycles. The van der Waals surface area contributed by atoms with E-state index in [2.05, 4.69) is 15.0 Å². The smallest absolute Gasteiger partial charge is 0.167 e. The number of nitrogen functional groups attached to an aromatic ring is 1. The van der Waals surface area contributed by atoms with Gasteiger partial charge in [0.1, 0.15) is 42.6 Å². The molecule has 1 fully saturated rings. The third kappa shape index (κ3) is 4.04. The van der Waals surface area contributed by atoms with E-state index in [4.69, 9.17) is 20.2 Å². The van der Waals surface area contributed by atoms with Gasteiger partial charge in [0.2, 0.25) is 0 Å². The van der Waals surface area contributed by atoms with Gasteiger partial charge >= 0.3 is 0 Å². The van der Waals surface area contributed by atoms with Crippen molar-refractivity contribution in [3.63, 3.8) is 0 Å². The lowest BCUT2D eigenvalue weighted by Crippen LogP contribution is -2.33. The Morgan fingerprint density at radius 2 is 1.90 bits per heavy atom. The van der Waals surface area contributed by atoms with Crippen molar-refractivity contribution in [3.8, 4) is 0 Å². The Morgan fingerprint density at radius 1 is 1.10 bits per heavy atom. The van der Waals surface area contributed by atoms with Crippen molar-refractivity contribution in [2.75, 3.05) is 18.9 Å². The van der Waals surface area contributed by atoms with Crippen LogP contribution in [0.5, 0.6) is 0 Å². The third-order valence-corrected chi connectivity index (χ3v) is 4.70. The molecule has 4 rings (SSSR count). The van der Waals surface area contributed by atoms with Gasteiger partial charge in [-0.2, -0.15) is 0 Å². The van der Waals surface area contributed by atoms with Gasteiger partial charge in [0.05, 0.1) is 12.9 Å². The summed E-state index contributed by atoms with van der Waals surface area (Å²) in [4.78, 5) is 22.3. The summed E-state index contributed by atoms with van der Waals surface area (Å²) < 4.78 is 20.1. The summed E-state index contributed by atoms with van der Waals surface area (Å²) >= 11 is 0. The number of fused-ring (bicyclic) bond motifs is 1. The maximum absolute atomic E-state index is 12.9. The van der Waals surface area contributed by atoms with E-state index in [1.54, 1.807) is 12.1 Å². The molecular weight excluding hydrogens is 385 g/mol. The van der Waals surface area contributed by atoms with E-state index >= 15 is 0 Å². The quantitative estimate of drug-likeness (QED) is 0.289. The van der Waals surface area contributed by atoms with Crippen LogP contribution in [-0.2, 0) is 20.9 Å². The number of rotatable bonds is 7. The second-order valence-electron chi connectivity index (χ2n) is 6.61. The second-order valence-corrected chi connectivity index (χ2v) is 6.61. The standard InChI is InChI=1S/C18H20FN5O5/c19-11-3-1-10(2-4-11)5-6-27-28-7-12-14(25)15(26)18(29-12)24-9-23-13-16(20)21-8-22-17(13)24/h1-4,8-9,12,14-15,18,25-26H,5-7H2,(H2,20,21,22)/t12-,14-,15-,18-/m1/s1. The fourth-order valence-corrected chi connectivity index (χ4v) is 3.14. The molecule has 2 aromatic heterocycles. The topological polar surface area (TPSA) is 138 Å². The van der Waals surface area contributed by atoms with E-state index in [1.807, 2.05) is 0 Å². The molecule has 0 spiro atoms. The molecule has 0 radical (unpaired) electrons. The first-order chi connectivity index (χ1) is 14.0. The zero-order valence-corrected chi connectivity index (χ0v) is 15.3. The average molecular weight is 405 g/mol. The molecule has 4 atom stereocenters. The second kappa shape index (κ2) is 8.35. The van der Waals surface area contributed by atoms with Crippen LogP contribution in [0.3, 0.4) is 0 Å². The van der Waals surface area contributed by atoms with Crippen molar-refractivity contribution in [1.29, 1.82) is 0 Å². The van der Waals surface area contributed by atoms with E-state index in [-0.39, 0.29) is 24.8 Å². The summed E-state index contributed by atoms with van der Waals surface area (Å²) in [5.41, 5.74) is 7.42. The van der Waals surface area contributed by atoms with Crippen LogP contribution in [0.1, 0.15) is 11.8 Å². The predicted octanol–water partition coefficient (Wildman–Crippen LogP) is 0.358. The van der Waals surface area contributed by atoms with Crippen LogP contribution >= 0.6 is 0 Å². The summed E-state index contributed by atoms with van der Waals surface area (Å²) in [5, 5.41) is 20.7. The van der Waals surface area contributed by atoms with Gasteiger partial charge in [-0.05, 0) is 24.1 Å². The van der Waals surface area contributed by atoms with Crippen LogP contribution in [0.2, 0.25) is 0 Å². The van der Waals surface area contributed by atoms with E-state index in [0.717, 1.165) is 5.56 Å². The van der Waals surface area contributed by atoms with Gasteiger partial charge in [-0.25, -0.2) is 29.1 Å². The lowest BCUT2D eigenvalue weighted by Gasteiger charge is -2.16. The molecule has 1 aromatic carbocycles. The van der Waals surface area contributed by atoms with Crippen molar-refractivity contribution in [2.45, 2.75) is 31.0 Å². The Balaban J connectivity index is 1.31. The Hall–Kier alpha value is -2.70. The normalized spacial score (nSPS) is 24.4. The lowest BCUT2D eigenvalue weighted by molar-refractivity contribution is -0.309. The molecule has 1 aliphatic rings. The van der Waals surface area contributed by atoms with Crippen LogP contribution in [0.25, 0.3) is 11.2 Å². The molecule has 1 aliphatic heterocycles. The summed E-state index contributed by atoms with van der Waals surface area (Å²) in [5.74, 6) is -0.0950. The van der Waals surface area contributed by atoms with Gasteiger partial charge in [0.25, 0.3) is 0 Å². The molecule has 0 unspecified atom stereocenters. The van der Waals surface area contributed by atoms with Gasteiger partial charge in [0.15, 0.2) is 17.7 Å². The molecule has 0 amide bonds. The Labute approximate surface area is 164 Å². The average Bonchev–Trinajstić information content (AvgIpc) is 3.26. The largest absolute Gasteiger partial charge is 0.387 e. The van der Waals surface area contributed by atoms with Crippen molar-refractivity contribution >= 4 is 17.0 Å². The molecular formula is C18H20FN5O5. The SMILES string of the molecule is Nc1ncnc2c1ncn2[C@@H]1O[C@H](COOCCc2ccc(F)cc2)[C@@H](O)[C@H]1O. The van der Waals surface area contributed by atoms with Gasteiger partial charge in [-0.1, -0.05) is 12.1 Å². The number of halogens is 1. The summed E-state index contributed by atoms with van der Waals surface area (Å²) in [7, 11) is 0. The molecule has 0 bridgehead atoms. The minimum absolute atomic E-state index is 0.0953. The van der Waals surface area contributed by atoms with Crippen molar-refractivity contribution in [1.82, 2.24) is 19.5 Å². The van der Waals surface area contributed by atoms with Gasteiger partial charge < -0.3 is 20.7 Å². The van der Waals surface area contributed by atoms with Crippen molar-refractivity contribution in [3.05, 3.63) is 48.3 Å². The molecule has 3 aromatic rings. The molecule has 4 N–H and O–H groups in total. The molecule has 11 heteroatoms. The third-order valence-electron chi connectivity index (χ3n) is 4.70. The number of aromatic nitrogens is 4. The summed E-state index contributed by atoms with van der Waals surface area (Å²) in [6, 6.07) is 6.07. The number of imidazole rings is 1. The maximum atomic E-state index is 12.9. The monoisotopic (exact) mass is 405 g/mol. The highest BCUT2D eigenvalue weighted by molar-refractivity contribution is 5.81. The Bertz CT molecular complexity index is 969. The first-order valence-electron chi connectivity index (χ1n) is 8.98.